The highest BCUT2D eigenvalue weighted by Gasteiger charge is 2.32. The van der Waals surface area contributed by atoms with Gasteiger partial charge in [0.2, 0.25) is 5.91 Å². The molecule has 32 heavy (non-hydrogen) atoms. The molecule has 0 saturated carbocycles. The van der Waals surface area contributed by atoms with Crippen molar-refractivity contribution in [1.82, 2.24) is 9.80 Å². The standard InChI is InChI=1S/C10H17N3O.C9H12.C4H10.C2H4O.C2H6/c1-8-4-9(5-11)13(6-8)10(14)7-12(2)3;1-8(2)9-6-4-3-5-7-9;1-4(2)3;1-2-3;1-2/h8-9H,4,6-7H2,1-3H3;3-8H,1-2H3;4H,1-3H3;2H,1H3;1-2H3. The molecule has 1 saturated heterocycles. The van der Waals surface area contributed by atoms with Crippen LogP contribution in [-0.2, 0) is 9.59 Å². The summed E-state index contributed by atoms with van der Waals surface area (Å²) in [7, 11) is 3.72. The number of likely N-dealkylation sites (N-methyl/N-ethyl adjacent to an activating group) is 1. The zero-order valence-electron chi connectivity index (χ0n) is 22.6. The van der Waals surface area contributed by atoms with Gasteiger partial charge in [0, 0.05) is 6.54 Å². The van der Waals surface area contributed by atoms with Crippen molar-refractivity contribution in [3.05, 3.63) is 35.9 Å². The molecule has 0 radical (unpaired) electrons. The minimum absolute atomic E-state index is 0.0610. The summed E-state index contributed by atoms with van der Waals surface area (Å²) < 4.78 is 0. The Hall–Kier alpha value is -2.19. The maximum absolute atomic E-state index is 11.7. The van der Waals surface area contributed by atoms with E-state index in [0.717, 1.165) is 25.2 Å². The Morgan fingerprint density at radius 1 is 1.16 bits per heavy atom. The van der Waals surface area contributed by atoms with Crippen molar-refractivity contribution in [3.63, 3.8) is 0 Å². The molecule has 1 aliphatic heterocycles. The predicted molar refractivity (Wildman–Crippen MR) is 138 cm³/mol. The first-order valence-corrected chi connectivity index (χ1v) is 11.8. The molecular weight excluding hydrogens is 398 g/mol. The van der Waals surface area contributed by atoms with Gasteiger partial charge in [-0.05, 0) is 50.8 Å². The van der Waals surface area contributed by atoms with Crippen LogP contribution in [-0.4, -0.2) is 55.2 Å². The zero-order valence-corrected chi connectivity index (χ0v) is 22.6. The summed E-state index contributed by atoms with van der Waals surface area (Å²) in [5.41, 5.74) is 1.41. The summed E-state index contributed by atoms with van der Waals surface area (Å²) in [6, 6.07) is 12.5. The van der Waals surface area contributed by atoms with Gasteiger partial charge in [0.25, 0.3) is 0 Å². The Bertz CT molecular complexity index is 604. The molecule has 5 nitrogen and oxygen atoms in total. The molecule has 1 fully saturated rings. The van der Waals surface area contributed by atoms with E-state index in [9.17, 15) is 4.79 Å². The van der Waals surface area contributed by atoms with Crippen LogP contribution in [0.2, 0.25) is 0 Å². The maximum Gasteiger partial charge on any atom is 0.237 e. The van der Waals surface area contributed by atoms with Crippen LogP contribution >= 0.6 is 0 Å². The fourth-order valence-electron chi connectivity index (χ4n) is 2.64. The van der Waals surface area contributed by atoms with E-state index in [0.29, 0.717) is 18.4 Å². The van der Waals surface area contributed by atoms with Gasteiger partial charge in [0.1, 0.15) is 12.3 Å². The summed E-state index contributed by atoms with van der Waals surface area (Å²) in [4.78, 5) is 24.0. The number of aldehydes is 1. The first-order chi connectivity index (χ1) is 15.0. The number of amides is 1. The maximum atomic E-state index is 11.7. The highest BCUT2D eigenvalue weighted by molar-refractivity contribution is 5.79. The molecule has 0 aliphatic carbocycles. The number of hydrogen-bond donors (Lipinski definition) is 0. The molecule has 1 aromatic carbocycles. The number of carbonyl (C=O) groups excluding carboxylic acids is 2. The van der Waals surface area contributed by atoms with Crippen LogP contribution in [0.5, 0.6) is 0 Å². The zero-order chi connectivity index (χ0) is 25.7. The molecule has 0 bridgehead atoms. The second-order valence-electron chi connectivity index (χ2n) is 8.80. The van der Waals surface area contributed by atoms with Gasteiger partial charge < -0.3 is 14.6 Å². The first kappa shape index (κ1) is 34.4. The van der Waals surface area contributed by atoms with E-state index in [2.05, 4.69) is 71.9 Å². The highest BCUT2D eigenvalue weighted by atomic mass is 16.2. The smallest absolute Gasteiger partial charge is 0.237 e. The summed E-state index contributed by atoms with van der Waals surface area (Å²) in [5, 5.41) is 8.88. The first-order valence-electron chi connectivity index (χ1n) is 11.8. The third-order valence-corrected chi connectivity index (χ3v) is 3.90. The number of carbonyl (C=O) groups is 2. The fraction of sp³-hybridized carbons (Fsp3) is 0.667. The number of nitriles is 1. The Morgan fingerprint density at radius 3 is 1.91 bits per heavy atom. The third-order valence-electron chi connectivity index (χ3n) is 3.90. The van der Waals surface area contributed by atoms with E-state index in [1.807, 2.05) is 38.9 Å². The summed E-state index contributed by atoms with van der Waals surface area (Å²) >= 11 is 0. The number of likely N-dealkylation sites (tertiary alicyclic amines) is 1. The Kier molecular flexibility index (Phi) is 23.7. The van der Waals surface area contributed by atoms with E-state index in [4.69, 9.17) is 10.1 Å². The molecule has 0 N–H and O–H groups in total. The molecule has 2 atom stereocenters. The lowest BCUT2D eigenvalue weighted by Gasteiger charge is -2.21. The normalized spacial score (nSPS) is 16.2. The SMILES string of the molecule is CC.CC(C)C.CC(C)c1ccccc1.CC1CC(C#N)N(C(=O)CN(C)C)C1.CC=O. The lowest BCUT2D eigenvalue weighted by atomic mass is 10.0. The van der Waals surface area contributed by atoms with Gasteiger partial charge in [-0.3, -0.25) is 4.79 Å². The van der Waals surface area contributed by atoms with Gasteiger partial charge in [0.05, 0.1) is 12.6 Å². The van der Waals surface area contributed by atoms with E-state index in [1.54, 1.807) is 4.90 Å². The largest absolute Gasteiger partial charge is 0.325 e. The van der Waals surface area contributed by atoms with Crippen LogP contribution in [0.4, 0.5) is 0 Å². The van der Waals surface area contributed by atoms with Crippen LogP contribution in [0.1, 0.15) is 80.2 Å². The lowest BCUT2D eigenvalue weighted by molar-refractivity contribution is -0.131. The highest BCUT2D eigenvalue weighted by Crippen LogP contribution is 2.22. The molecule has 5 heteroatoms. The number of benzene rings is 1. The fourth-order valence-corrected chi connectivity index (χ4v) is 2.64. The van der Waals surface area contributed by atoms with Gasteiger partial charge in [-0.25, -0.2) is 0 Å². The molecule has 1 amide bonds. The van der Waals surface area contributed by atoms with E-state index in [-0.39, 0.29) is 11.9 Å². The Morgan fingerprint density at radius 2 is 1.59 bits per heavy atom. The second kappa shape index (κ2) is 22.0. The molecule has 184 valence electrons. The quantitative estimate of drug-likeness (QED) is 0.532. The molecule has 1 aromatic rings. The average Bonchev–Trinajstić information content (AvgIpc) is 3.11. The third kappa shape index (κ3) is 19.8. The van der Waals surface area contributed by atoms with Crippen LogP contribution in [0, 0.1) is 23.2 Å². The Labute approximate surface area is 198 Å². The van der Waals surface area contributed by atoms with Gasteiger partial charge in [-0.1, -0.05) is 85.7 Å². The van der Waals surface area contributed by atoms with E-state index in [1.165, 1.54) is 12.5 Å². The molecule has 1 aliphatic rings. The van der Waals surface area contributed by atoms with Gasteiger partial charge >= 0.3 is 0 Å². The molecule has 0 spiro atoms. The summed E-state index contributed by atoms with van der Waals surface area (Å²) in [5.74, 6) is 2.00. The average molecular weight is 448 g/mol. The van der Waals surface area contributed by atoms with Crippen molar-refractivity contribution in [1.29, 1.82) is 5.26 Å². The minimum Gasteiger partial charge on any atom is -0.325 e. The molecule has 1 heterocycles. The number of rotatable bonds is 3. The van der Waals surface area contributed by atoms with Gasteiger partial charge in [-0.2, -0.15) is 5.26 Å². The summed E-state index contributed by atoms with van der Waals surface area (Å²) in [6.45, 7) is 19.5. The van der Waals surface area contributed by atoms with Crippen molar-refractivity contribution >= 4 is 12.2 Å². The van der Waals surface area contributed by atoms with E-state index < -0.39 is 0 Å². The molecule has 2 rings (SSSR count). The van der Waals surface area contributed by atoms with Gasteiger partial charge in [0.15, 0.2) is 0 Å². The number of nitrogens with zero attached hydrogens (tertiary/aromatic N) is 3. The van der Waals surface area contributed by atoms with E-state index >= 15 is 0 Å². The molecule has 0 aromatic heterocycles. The Balaban J connectivity index is -0.000000400. The van der Waals surface area contributed by atoms with Crippen LogP contribution in [0.15, 0.2) is 30.3 Å². The molecular formula is C27H49N3O2. The van der Waals surface area contributed by atoms with Crippen molar-refractivity contribution in [2.24, 2.45) is 11.8 Å². The minimum atomic E-state index is -0.211. The van der Waals surface area contributed by atoms with Crippen LogP contribution in [0.25, 0.3) is 0 Å². The topological polar surface area (TPSA) is 64.4 Å². The second-order valence-corrected chi connectivity index (χ2v) is 8.80. The monoisotopic (exact) mass is 447 g/mol. The van der Waals surface area contributed by atoms with Gasteiger partial charge in [-0.15, -0.1) is 0 Å². The van der Waals surface area contributed by atoms with Crippen molar-refractivity contribution in [2.45, 2.75) is 80.7 Å². The number of hydrogen-bond acceptors (Lipinski definition) is 4. The van der Waals surface area contributed by atoms with Crippen LogP contribution in [0.3, 0.4) is 0 Å². The predicted octanol–water partition coefficient (Wildman–Crippen LogP) is 6.01. The van der Waals surface area contributed by atoms with Crippen molar-refractivity contribution < 1.29 is 9.59 Å². The van der Waals surface area contributed by atoms with Crippen LogP contribution < -0.4 is 0 Å². The van der Waals surface area contributed by atoms with Crippen molar-refractivity contribution in [2.75, 3.05) is 27.2 Å². The summed E-state index contributed by atoms with van der Waals surface area (Å²) in [6.07, 6.45) is 1.57. The lowest BCUT2D eigenvalue weighted by Crippen LogP contribution is -2.40. The molecule has 2 unspecified atom stereocenters. The van der Waals surface area contributed by atoms with Crippen molar-refractivity contribution in [3.8, 4) is 6.07 Å².